The predicted octanol–water partition coefficient (Wildman–Crippen LogP) is 3.55. The highest BCUT2D eigenvalue weighted by Gasteiger charge is 2.30. The van der Waals surface area contributed by atoms with Crippen molar-refractivity contribution < 1.29 is 13.3 Å². The van der Waals surface area contributed by atoms with E-state index in [1.807, 2.05) is 14.1 Å². The maximum Gasteiger partial charge on any atom is 0.293 e. The molecule has 0 bridgehead atoms. The van der Waals surface area contributed by atoms with Gasteiger partial charge in [-0.05, 0) is 57.5 Å². The highest BCUT2D eigenvalue weighted by Crippen LogP contribution is 2.33. The first-order chi connectivity index (χ1) is 13.4. The van der Waals surface area contributed by atoms with Gasteiger partial charge < -0.3 is 10.2 Å². The molecule has 1 N–H and O–H groups in total. The molecular weight excluding hydrogens is 392 g/mol. The third kappa shape index (κ3) is 6.13. The minimum absolute atomic E-state index is 0.00634. The monoisotopic (exact) mass is 426 g/mol. The Kier molecular flexibility index (Phi) is 7.64. The zero-order valence-corrected chi connectivity index (χ0v) is 19.0. The van der Waals surface area contributed by atoms with Crippen LogP contribution in [0.15, 0.2) is 23.1 Å². The van der Waals surface area contributed by atoms with Crippen LogP contribution >= 0.6 is 0 Å². The molecule has 0 amide bonds. The van der Waals surface area contributed by atoms with Crippen LogP contribution in [0.1, 0.15) is 46.5 Å². The Balaban J connectivity index is 2.34. The number of rotatable bonds is 8. The number of nitrogens with one attached hydrogen (secondary N) is 1. The van der Waals surface area contributed by atoms with Crippen molar-refractivity contribution >= 4 is 21.4 Å². The molecule has 1 aromatic carbocycles. The maximum atomic E-state index is 12.9. The lowest BCUT2D eigenvalue weighted by molar-refractivity contribution is -0.384. The van der Waals surface area contributed by atoms with E-state index in [1.165, 1.54) is 22.5 Å². The molecule has 0 spiro atoms. The molecule has 1 fully saturated rings. The smallest absolute Gasteiger partial charge is 0.293 e. The largest absolute Gasteiger partial charge is 0.376 e. The average molecular weight is 427 g/mol. The summed E-state index contributed by atoms with van der Waals surface area (Å²) < 4.78 is 27.2. The van der Waals surface area contributed by atoms with E-state index in [-0.39, 0.29) is 22.0 Å². The Bertz CT molecular complexity index is 812. The summed E-state index contributed by atoms with van der Waals surface area (Å²) in [6, 6.07) is 4.19. The van der Waals surface area contributed by atoms with E-state index in [9.17, 15) is 18.5 Å². The van der Waals surface area contributed by atoms with Crippen LogP contribution < -0.4 is 5.32 Å². The Hall–Kier alpha value is -1.71. The van der Waals surface area contributed by atoms with Crippen molar-refractivity contribution in [3.8, 4) is 0 Å². The Morgan fingerprint density at radius 3 is 2.34 bits per heavy atom. The topological polar surface area (TPSA) is 95.8 Å². The van der Waals surface area contributed by atoms with Gasteiger partial charge in [-0.15, -0.1) is 0 Å². The molecule has 0 aliphatic carbocycles. The molecule has 1 heterocycles. The summed E-state index contributed by atoms with van der Waals surface area (Å²) in [6.45, 7) is 8.02. The van der Waals surface area contributed by atoms with Crippen LogP contribution in [0, 0.1) is 15.5 Å². The minimum Gasteiger partial charge on any atom is -0.376 e. The highest BCUT2D eigenvalue weighted by atomic mass is 32.2. The number of nitro benzene ring substituents is 1. The van der Waals surface area contributed by atoms with E-state index >= 15 is 0 Å². The van der Waals surface area contributed by atoms with Crippen LogP contribution in [-0.2, 0) is 10.0 Å². The van der Waals surface area contributed by atoms with Gasteiger partial charge in [-0.1, -0.05) is 27.2 Å². The standard InChI is InChI=1S/C20H34N4O4S/c1-20(2,3)19(11-14-22(4)5)21-17-10-9-16(15-18(17)24(25)26)29(27,28)23-12-7-6-8-13-23/h9-10,15,19,21H,6-8,11-14H2,1-5H3/t19-/m1/s1. The second-order valence-electron chi connectivity index (χ2n) is 9.06. The number of benzene rings is 1. The summed E-state index contributed by atoms with van der Waals surface area (Å²) in [5, 5.41) is 15.0. The van der Waals surface area contributed by atoms with Crippen LogP contribution in [-0.4, -0.2) is 62.3 Å². The third-order valence-electron chi connectivity index (χ3n) is 5.36. The first-order valence-corrected chi connectivity index (χ1v) is 11.6. The van der Waals surface area contributed by atoms with E-state index in [4.69, 9.17) is 0 Å². The van der Waals surface area contributed by atoms with Gasteiger partial charge in [0.1, 0.15) is 5.69 Å². The number of sulfonamides is 1. The number of hydrogen-bond donors (Lipinski definition) is 1. The number of nitrogens with zero attached hydrogens (tertiary/aromatic N) is 3. The average Bonchev–Trinajstić information content (AvgIpc) is 2.64. The summed E-state index contributed by atoms with van der Waals surface area (Å²) in [6.07, 6.45) is 3.46. The Morgan fingerprint density at radius 1 is 1.21 bits per heavy atom. The van der Waals surface area contributed by atoms with E-state index in [1.54, 1.807) is 0 Å². The van der Waals surface area contributed by atoms with Crippen molar-refractivity contribution in [2.24, 2.45) is 5.41 Å². The molecule has 0 aromatic heterocycles. The summed E-state index contributed by atoms with van der Waals surface area (Å²) in [5.41, 5.74) is 0.0241. The molecule has 1 saturated heterocycles. The fourth-order valence-corrected chi connectivity index (χ4v) is 5.03. The molecule has 0 radical (unpaired) electrons. The van der Waals surface area contributed by atoms with Crippen molar-refractivity contribution in [1.29, 1.82) is 0 Å². The van der Waals surface area contributed by atoms with Crippen molar-refractivity contribution in [1.82, 2.24) is 9.21 Å². The lowest BCUT2D eigenvalue weighted by Crippen LogP contribution is -2.37. The second-order valence-corrected chi connectivity index (χ2v) is 11.0. The molecule has 1 aliphatic rings. The van der Waals surface area contributed by atoms with E-state index in [0.717, 1.165) is 32.2 Å². The van der Waals surface area contributed by atoms with Gasteiger partial charge in [0.15, 0.2) is 0 Å². The van der Waals surface area contributed by atoms with Crippen molar-refractivity contribution in [3.63, 3.8) is 0 Å². The van der Waals surface area contributed by atoms with Crippen LogP contribution in [0.2, 0.25) is 0 Å². The first-order valence-electron chi connectivity index (χ1n) is 10.1. The van der Waals surface area contributed by atoms with Gasteiger partial charge >= 0.3 is 0 Å². The summed E-state index contributed by atoms with van der Waals surface area (Å²) in [5.74, 6) is 0. The summed E-state index contributed by atoms with van der Waals surface area (Å²) in [4.78, 5) is 13.3. The van der Waals surface area contributed by atoms with Crippen LogP contribution in [0.4, 0.5) is 11.4 Å². The van der Waals surface area contributed by atoms with Gasteiger partial charge in [0.25, 0.3) is 5.69 Å². The zero-order valence-electron chi connectivity index (χ0n) is 18.1. The molecule has 0 saturated carbocycles. The van der Waals surface area contributed by atoms with Gasteiger partial charge in [0, 0.05) is 25.2 Å². The van der Waals surface area contributed by atoms with Crippen molar-refractivity contribution in [2.45, 2.75) is 57.4 Å². The van der Waals surface area contributed by atoms with Crippen molar-refractivity contribution in [2.75, 3.05) is 39.0 Å². The molecule has 1 aliphatic heterocycles. The van der Waals surface area contributed by atoms with Crippen molar-refractivity contribution in [3.05, 3.63) is 28.3 Å². The second kappa shape index (κ2) is 9.40. The lowest BCUT2D eigenvalue weighted by Gasteiger charge is -2.33. The third-order valence-corrected chi connectivity index (χ3v) is 7.25. The van der Waals surface area contributed by atoms with Gasteiger partial charge in [-0.2, -0.15) is 4.31 Å². The molecule has 8 nitrogen and oxygen atoms in total. The minimum atomic E-state index is -3.72. The number of nitro groups is 1. The lowest BCUT2D eigenvalue weighted by atomic mass is 9.84. The van der Waals surface area contributed by atoms with E-state index < -0.39 is 14.9 Å². The molecule has 9 heteroatoms. The Labute approximate surface area is 174 Å². The van der Waals surface area contributed by atoms with Crippen LogP contribution in [0.5, 0.6) is 0 Å². The van der Waals surface area contributed by atoms with E-state index in [0.29, 0.717) is 18.8 Å². The molecule has 0 unspecified atom stereocenters. The molecule has 29 heavy (non-hydrogen) atoms. The quantitative estimate of drug-likeness (QED) is 0.504. The summed E-state index contributed by atoms with van der Waals surface area (Å²) >= 11 is 0. The molecule has 2 rings (SSSR count). The molecular formula is C20H34N4O4S. The number of anilines is 1. The van der Waals surface area contributed by atoms with Gasteiger partial charge in [0.2, 0.25) is 10.0 Å². The van der Waals surface area contributed by atoms with Crippen LogP contribution in [0.25, 0.3) is 0 Å². The fraction of sp³-hybridized carbons (Fsp3) is 0.700. The summed E-state index contributed by atoms with van der Waals surface area (Å²) in [7, 11) is 0.258. The van der Waals surface area contributed by atoms with Gasteiger partial charge in [-0.25, -0.2) is 8.42 Å². The molecule has 164 valence electrons. The number of hydrogen-bond acceptors (Lipinski definition) is 6. The maximum absolute atomic E-state index is 12.9. The normalized spacial score (nSPS) is 17.3. The zero-order chi connectivity index (χ0) is 21.8. The predicted molar refractivity (Wildman–Crippen MR) is 116 cm³/mol. The Morgan fingerprint density at radius 2 is 1.83 bits per heavy atom. The number of piperidine rings is 1. The molecule has 1 atom stereocenters. The first kappa shape index (κ1) is 23.6. The van der Waals surface area contributed by atoms with Gasteiger partial charge in [0.05, 0.1) is 9.82 Å². The molecule has 1 aromatic rings. The van der Waals surface area contributed by atoms with Gasteiger partial charge in [-0.3, -0.25) is 10.1 Å². The SMILES string of the molecule is CN(C)CC[C@@H](Nc1ccc(S(=O)(=O)N2CCCCC2)cc1[N+](=O)[O-])C(C)(C)C. The van der Waals surface area contributed by atoms with Crippen LogP contribution in [0.3, 0.4) is 0 Å². The fourth-order valence-electron chi connectivity index (χ4n) is 3.50. The van der Waals surface area contributed by atoms with E-state index in [2.05, 4.69) is 31.0 Å². The highest BCUT2D eigenvalue weighted by molar-refractivity contribution is 7.89.